The van der Waals surface area contributed by atoms with Crippen LogP contribution in [0.3, 0.4) is 0 Å². The van der Waals surface area contributed by atoms with Crippen molar-refractivity contribution in [2.75, 3.05) is 101 Å². The van der Waals surface area contributed by atoms with Crippen molar-refractivity contribution in [2.45, 2.75) is 122 Å². The van der Waals surface area contributed by atoms with Crippen molar-refractivity contribution in [2.24, 2.45) is 33.2 Å². The predicted octanol–water partition coefficient (Wildman–Crippen LogP) is 14.1. The second-order valence-electron chi connectivity index (χ2n) is 32.1. The third kappa shape index (κ3) is 22.7. The van der Waals surface area contributed by atoms with Gasteiger partial charge in [0.1, 0.15) is 18.0 Å². The molecule has 5 aliphatic heterocycles. The molecule has 131 heavy (non-hydrogen) atoms. The number of imidazole rings is 2. The molecule has 0 aliphatic carbocycles. The van der Waals surface area contributed by atoms with Gasteiger partial charge in [0.05, 0.1) is 62.0 Å². The second kappa shape index (κ2) is 42.2. The molecule has 10 aromatic rings. The molecule has 8 N–H and O–H groups in total. The standard InChI is InChI=1S/C52H59N9O11.C43H45N9O7/c1-6-24-71-52(67)61-40-29-43(42(68-5)28-38(40)50(66)60-23-9-7-12-39(60)51(61)72-46-14-8-10-25-70-46)69-26-11-13-45(63)56-44-31-59(4)47(57-44)49(65)55-36-17-15-33(16-18-36)34-27-41(58(3)30-34)48(64)54-37-21-19-35(20-22-37)53-32(2)62;1-26(53)45-29-14-16-31(17-15-29)46-41(55)35-20-28(24-50(35)2)27-10-12-30(13-11-27)47-42(56)40-49-38(25-51(40)3)48-39(54)9-7-19-59-37-22-34-33(21-36(37)58-4)43(57)52-18-6-5-8-32(52)23-44-34/h6,15-22,27-31,39,46,51H,1,7-14,23-26H2,2-5H3,(H,53,62)(H,54,64)(H,55,65)(H,56,63);10-17,20-25,32H,5-9,18-19H2,1-4H3,(H,45,53)(H,46,55)(H,47,56)(H,48,54)/t39-,46?,51?;32-/m00/s1. The average Bonchev–Trinajstić information content (AvgIpc) is 1.61. The number of hydrogen-bond donors (Lipinski definition) is 8. The molecule has 4 atom stereocenters. The lowest BCUT2D eigenvalue weighted by molar-refractivity contribution is -0.198. The van der Waals surface area contributed by atoms with Crippen LogP contribution < -0.4 is 66.4 Å². The summed E-state index contributed by atoms with van der Waals surface area (Å²) in [5.74, 6) is -0.989. The van der Waals surface area contributed by atoms with E-state index in [1.54, 1.807) is 158 Å². The lowest BCUT2D eigenvalue weighted by atomic mass is 10.00. The predicted molar refractivity (Wildman–Crippen MR) is 492 cm³/mol. The highest BCUT2D eigenvalue weighted by molar-refractivity contribution is 6.09. The summed E-state index contributed by atoms with van der Waals surface area (Å²) in [6.45, 7) is 8.47. The van der Waals surface area contributed by atoms with E-state index >= 15 is 0 Å². The van der Waals surface area contributed by atoms with Crippen LogP contribution in [0.5, 0.6) is 23.0 Å². The fraction of sp³-hybridized carbons (Fsp3) is 0.326. The first kappa shape index (κ1) is 92.0. The van der Waals surface area contributed by atoms with Crippen LogP contribution in [0.25, 0.3) is 22.3 Å². The molecule has 9 heterocycles. The van der Waals surface area contributed by atoms with Gasteiger partial charge in [0.25, 0.3) is 35.4 Å². The number of aromatic nitrogens is 6. The number of methoxy groups -OCH3 is 2. The number of carbonyl (C=O) groups is 11. The van der Waals surface area contributed by atoms with Crippen LogP contribution in [0.4, 0.5) is 61.9 Å². The number of rotatable bonds is 30. The van der Waals surface area contributed by atoms with Gasteiger partial charge >= 0.3 is 6.09 Å². The third-order valence-electron chi connectivity index (χ3n) is 22.5. The molecule has 0 spiro atoms. The number of aliphatic imine (C=N–C) groups is 1. The normalized spacial score (nSPS) is 16.0. The van der Waals surface area contributed by atoms with Gasteiger partial charge in [0.2, 0.25) is 35.3 Å². The van der Waals surface area contributed by atoms with Gasteiger partial charge in [-0.1, -0.05) is 36.9 Å². The summed E-state index contributed by atoms with van der Waals surface area (Å²) in [6.07, 6.45) is 16.3. The summed E-state index contributed by atoms with van der Waals surface area (Å²) in [4.78, 5) is 161. The number of piperidine rings is 2. The van der Waals surface area contributed by atoms with Crippen molar-refractivity contribution in [3.8, 4) is 45.3 Å². The van der Waals surface area contributed by atoms with Crippen molar-refractivity contribution < 1.29 is 85.9 Å². The zero-order valence-corrected chi connectivity index (χ0v) is 73.9. The van der Waals surface area contributed by atoms with Gasteiger partial charge in [0, 0.05) is 163 Å². The van der Waals surface area contributed by atoms with Gasteiger partial charge < -0.3 is 104 Å². The number of nitrogens with zero attached hydrogens (tertiary/aromatic N) is 10. The summed E-state index contributed by atoms with van der Waals surface area (Å²) < 4.78 is 48.0. The van der Waals surface area contributed by atoms with E-state index in [9.17, 15) is 52.7 Å². The van der Waals surface area contributed by atoms with Crippen LogP contribution in [0.2, 0.25) is 0 Å². The van der Waals surface area contributed by atoms with E-state index in [-0.39, 0.29) is 138 Å². The Morgan fingerprint density at radius 2 is 0.931 bits per heavy atom. The van der Waals surface area contributed by atoms with Gasteiger partial charge in [-0.2, -0.15) is 0 Å². The number of aryl methyl sites for hydroxylation is 4. The van der Waals surface area contributed by atoms with Gasteiger partial charge in [-0.25, -0.2) is 19.7 Å². The molecule has 0 saturated carbocycles. The minimum Gasteiger partial charge on any atom is -0.493 e. The molecular weight excluding hydrogens is 1680 g/mol. The first-order valence-electron chi connectivity index (χ1n) is 43.2. The van der Waals surface area contributed by atoms with Crippen LogP contribution in [0.15, 0.2) is 176 Å². The van der Waals surface area contributed by atoms with E-state index in [0.717, 1.165) is 67.2 Å². The Balaban J connectivity index is 0.000000215. The molecule has 5 aliphatic rings. The molecule has 15 rings (SSSR count). The van der Waals surface area contributed by atoms with Crippen LogP contribution in [-0.2, 0) is 61.6 Å². The number of ether oxygens (including phenoxy) is 7. The number of amides is 11. The highest BCUT2D eigenvalue weighted by Gasteiger charge is 2.47. The van der Waals surface area contributed by atoms with Gasteiger partial charge in [0.15, 0.2) is 47.2 Å². The summed E-state index contributed by atoms with van der Waals surface area (Å²) in [7, 11) is 9.83. The molecule has 36 nitrogen and oxygen atoms in total. The molecule has 0 radical (unpaired) electrons. The minimum absolute atomic E-state index is 0.0172. The maximum Gasteiger partial charge on any atom is 0.416 e. The molecule has 3 saturated heterocycles. The van der Waals surface area contributed by atoms with E-state index in [1.807, 2.05) is 47.8 Å². The topological polar surface area (TPSA) is 416 Å². The fourth-order valence-corrected chi connectivity index (χ4v) is 16.0. The van der Waals surface area contributed by atoms with Crippen LogP contribution >= 0.6 is 0 Å². The summed E-state index contributed by atoms with van der Waals surface area (Å²) in [6, 6.07) is 37.5. The second-order valence-corrected chi connectivity index (χ2v) is 32.1. The Bertz CT molecular complexity index is 5970. The van der Waals surface area contributed by atoms with Gasteiger partial charge in [-0.15, -0.1) is 0 Å². The number of benzene rings is 6. The number of nitrogens with one attached hydrogen (secondary N) is 8. The number of fused-ring (bicyclic) bond motifs is 4. The molecule has 2 unspecified atom stereocenters. The lowest BCUT2D eigenvalue weighted by Gasteiger charge is -2.42. The highest BCUT2D eigenvalue weighted by atomic mass is 16.7. The Morgan fingerprint density at radius 1 is 0.481 bits per heavy atom. The zero-order valence-electron chi connectivity index (χ0n) is 73.9. The molecule has 36 heteroatoms. The fourth-order valence-electron chi connectivity index (χ4n) is 16.0. The third-order valence-corrected chi connectivity index (χ3v) is 22.5. The molecule has 3 fully saturated rings. The van der Waals surface area contributed by atoms with E-state index in [0.29, 0.717) is 107 Å². The summed E-state index contributed by atoms with van der Waals surface area (Å²) in [5.41, 5.74) is 9.04. The lowest BCUT2D eigenvalue weighted by Crippen LogP contribution is -2.57. The maximum atomic E-state index is 14.3. The molecule has 4 aromatic heterocycles. The van der Waals surface area contributed by atoms with Crippen molar-refractivity contribution in [1.29, 1.82) is 0 Å². The quantitative estimate of drug-likeness (QED) is 0.0153. The van der Waals surface area contributed by atoms with Crippen LogP contribution in [0.1, 0.15) is 160 Å². The number of anilines is 9. The first-order chi connectivity index (χ1) is 63.2. The van der Waals surface area contributed by atoms with Crippen molar-refractivity contribution >= 4 is 129 Å². The molecule has 6 aromatic carbocycles. The Hall–Kier alpha value is -15.2. The zero-order chi connectivity index (χ0) is 92.5. The summed E-state index contributed by atoms with van der Waals surface area (Å²) in [5, 5.41) is 22.3. The van der Waals surface area contributed by atoms with Crippen LogP contribution in [-0.4, -0.2) is 188 Å². The van der Waals surface area contributed by atoms with E-state index in [1.165, 1.54) is 54.4 Å². The molecule has 682 valence electrons. The van der Waals surface area contributed by atoms with Crippen LogP contribution in [0, 0.1) is 0 Å². The molecular formula is C95H104N18O18. The smallest absolute Gasteiger partial charge is 0.416 e. The van der Waals surface area contributed by atoms with Crippen molar-refractivity contribution in [3.05, 3.63) is 205 Å². The molecule has 11 amide bonds. The van der Waals surface area contributed by atoms with Crippen molar-refractivity contribution in [1.82, 2.24) is 38.0 Å². The number of hydrogen-bond acceptors (Lipinski definition) is 21. The van der Waals surface area contributed by atoms with E-state index < -0.39 is 36.5 Å². The minimum atomic E-state index is -0.916. The first-order valence-corrected chi connectivity index (χ1v) is 43.2. The molecule has 0 bridgehead atoms. The summed E-state index contributed by atoms with van der Waals surface area (Å²) >= 11 is 0. The van der Waals surface area contributed by atoms with Gasteiger partial charge in [-0.3, -0.25) is 52.9 Å². The highest BCUT2D eigenvalue weighted by Crippen LogP contribution is 2.44. The Kier molecular flexibility index (Phi) is 29.6. The van der Waals surface area contributed by atoms with Crippen molar-refractivity contribution in [3.63, 3.8) is 0 Å². The average molecular weight is 1790 g/mol. The number of carbonyl (C=O) groups excluding carboxylic acids is 11. The Labute approximate surface area is 755 Å². The van der Waals surface area contributed by atoms with E-state index in [4.69, 9.17) is 33.2 Å². The van der Waals surface area contributed by atoms with E-state index in [2.05, 4.69) is 64.1 Å². The monoisotopic (exact) mass is 1780 g/mol. The SMILES string of the molecule is C=CCOC(=O)N1c2cc(OCCCC(=O)Nc3cn(C)c(C(=O)Nc4ccc(-c5cc(C(=O)Nc6ccc(NC(C)=O)cc6)n(C)c5)cc4)n3)c(OC)cc2C(=O)N2CCCC[C@H]2C1OC1CCCCO1.COc1cc2c(cc1OCCCC(=O)Nc1cn(C)c(C(=O)Nc3ccc(-c4cc(C(=O)Nc5ccc(NC(C)=O)cc5)n(C)c4)cc3)n1)N=C[C@@H]1CCCCN1C2=O. The maximum absolute atomic E-state index is 14.3. The largest absolute Gasteiger partial charge is 0.493 e. The van der Waals surface area contributed by atoms with Gasteiger partial charge in [-0.05, 0) is 179 Å². The Morgan fingerprint density at radius 3 is 1.41 bits per heavy atom.